The van der Waals surface area contributed by atoms with Crippen LogP contribution in [0.1, 0.15) is 39.0 Å². The lowest BCUT2D eigenvalue weighted by molar-refractivity contribution is -0.118. The molecular formula is C11H18N2O2. The van der Waals surface area contributed by atoms with Crippen molar-refractivity contribution in [2.24, 2.45) is 5.92 Å². The van der Waals surface area contributed by atoms with Crippen LogP contribution < -0.4 is 5.32 Å². The molecule has 2 atom stereocenters. The van der Waals surface area contributed by atoms with E-state index in [4.69, 9.17) is 0 Å². The SMILES string of the molecule is CCC1CCCC(N2CC(=O)NC2=O)C1. The lowest BCUT2D eigenvalue weighted by Crippen LogP contribution is -2.40. The van der Waals surface area contributed by atoms with Crippen molar-refractivity contribution in [1.82, 2.24) is 10.2 Å². The summed E-state index contributed by atoms with van der Waals surface area (Å²) >= 11 is 0. The Morgan fingerprint density at radius 1 is 1.40 bits per heavy atom. The molecule has 1 N–H and O–H groups in total. The van der Waals surface area contributed by atoms with Crippen LogP contribution in [0.3, 0.4) is 0 Å². The summed E-state index contributed by atoms with van der Waals surface area (Å²) in [6, 6.07) is 0.0944. The summed E-state index contributed by atoms with van der Waals surface area (Å²) in [6.45, 7) is 2.46. The molecule has 0 bridgehead atoms. The highest BCUT2D eigenvalue weighted by Gasteiger charge is 2.34. The molecule has 0 spiro atoms. The molecule has 4 heteroatoms. The molecule has 1 aliphatic carbocycles. The van der Waals surface area contributed by atoms with E-state index in [1.165, 1.54) is 19.3 Å². The topological polar surface area (TPSA) is 49.4 Å². The molecule has 0 aromatic carbocycles. The number of imide groups is 1. The predicted molar refractivity (Wildman–Crippen MR) is 56.3 cm³/mol. The summed E-state index contributed by atoms with van der Waals surface area (Å²) < 4.78 is 0. The molecule has 0 aromatic heterocycles. The van der Waals surface area contributed by atoms with Gasteiger partial charge in [0.1, 0.15) is 6.54 Å². The van der Waals surface area contributed by atoms with E-state index in [1.54, 1.807) is 4.90 Å². The maximum absolute atomic E-state index is 11.5. The van der Waals surface area contributed by atoms with Crippen molar-refractivity contribution >= 4 is 11.9 Å². The van der Waals surface area contributed by atoms with Crippen LogP contribution in [0.5, 0.6) is 0 Å². The molecular weight excluding hydrogens is 192 g/mol. The van der Waals surface area contributed by atoms with Gasteiger partial charge < -0.3 is 4.90 Å². The summed E-state index contributed by atoms with van der Waals surface area (Å²) in [6.07, 6.45) is 5.76. The van der Waals surface area contributed by atoms with E-state index in [9.17, 15) is 9.59 Å². The van der Waals surface area contributed by atoms with Crippen LogP contribution in [0.2, 0.25) is 0 Å². The van der Waals surface area contributed by atoms with E-state index in [-0.39, 0.29) is 24.5 Å². The number of carbonyl (C=O) groups is 2. The third-order valence-corrected chi connectivity index (χ3v) is 3.59. The third-order valence-electron chi connectivity index (χ3n) is 3.59. The highest BCUT2D eigenvalue weighted by molar-refractivity contribution is 6.02. The number of carbonyl (C=O) groups excluding carboxylic acids is 2. The average molecular weight is 210 g/mol. The molecule has 1 aliphatic heterocycles. The first-order valence-corrected chi connectivity index (χ1v) is 5.81. The van der Waals surface area contributed by atoms with Crippen LogP contribution >= 0.6 is 0 Å². The molecule has 0 aromatic rings. The fourth-order valence-corrected chi connectivity index (χ4v) is 2.67. The van der Waals surface area contributed by atoms with E-state index in [1.807, 2.05) is 0 Å². The highest BCUT2D eigenvalue weighted by atomic mass is 16.2. The van der Waals surface area contributed by atoms with Gasteiger partial charge >= 0.3 is 6.03 Å². The minimum absolute atomic E-state index is 0.154. The Morgan fingerprint density at radius 3 is 2.80 bits per heavy atom. The van der Waals surface area contributed by atoms with Crippen LogP contribution in [-0.2, 0) is 4.79 Å². The second-order valence-corrected chi connectivity index (χ2v) is 4.58. The fraction of sp³-hybridized carbons (Fsp3) is 0.818. The van der Waals surface area contributed by atoms with Gasteiger partial charge in [0.2, 0.25) is 5.91 Å². The van der Waals surface area contributed by atoms with Gasteiger partial charge in [-0.1, -0.05) is 26.2 Å². The van der Waals surface area contributed by atoms with Gasteiger partial charge in [-0.05, 0) is 18.8 Å². The van der Waals surface area contributed by atoms with Crippen molar-refractivity contribution in [3.8, 4) is 0 Å². The van der Waals surface area contributed by atoms with Crippen molar-refractivity contribution in [2.45, 2.75) is 45.1 Å². The third kappa shape index (κ3) is 2.13. The molecule has 3 amide bonds. The molecule has 2 unspecified atom stereocenters. The predicted octanol–water partition coefficient (Wildman–Crippen LogP) is 1.51. The van der Waals surface area contributed by atoms with Crippen molar-refractivity contribution in [2.75, 3.05) is 6.54 Å². The van der Waals surface area contributed by atoms with E-state index in [0.29, 0.717) is 0 Å². The van der Waals surface area contributed by atoms with Gasteiger partial charge in [0, 0.05) is 6.04 Å². The number of rotatable bonds is 2. The quantitative estimate of drug-likeness (QED) is 0.702. The zero-order valence-electron chi connectivity index (χ0n) is 9.16. The number of hydrogen-bond acceptors (Lipinski definition) is 2. The molecule has 0 radical (unpaired) electrons. The summed E-state index contributed by atoms with van der Waals surface area (Å²) in [4.78, 5) is 24.3. The largest absolute Gasteiger partial charge is 0.324 e. The van der Waals surface area contributed by atoms with Crippen LogP contribution in [0, 0.1) is 5.92 Å². The van der Waals surface area contributed by atoms with E-state index >= 15 is 0 Å². The molecule has 2 rings (SSSR count). The van der Waals surface area contributed by atoms with Gasteiger partial charge in [-0.2, -0.15) is 0 Å². The van der Waals surface area contributed by atoms with E-state index in [0.717, 1.165) is 18.8 Å². The molecule has 15 heavy (non-hydrogen) atoms. The van der Waals surface area contributed by atoms with Crippen molar-refractivity contribution in [3.63, 3.8) is 0 Å². The first-order chi connectivity index (χ1) is 7.20. The minimum Gasteiger partial charge on any atom is -0.312 e. The van der Waals surface area contributed by atoms with Crippen LogP contribution in [0.15, 0.2) is 0 Å². The molecule has 84 valence electrons. The van der Waals surface area contributed by atoms with E-state index in [2.05, 4.69) is 12.2 Å². The smallest absolute Gasteiger partial charge is 0.312 e. The van der Waals surface area contributed by atoms with Crippen LogP contribution in [0.4, 0.5) is 4.79 Å². The Bertz CT molecular complexity index is 278. The normalized spacial score (nSPS) is 31.9. The first kappa shape index (κ1) is 10.5. The Morgan fingerprint density at radius 2 is 2.20 bits per heavy atom. The van der Waals surface area contributed by atoms with Gasteiger partial charge in [-0.25, -0.2) is 4.79 Å². The molecule has 2 aliphatic rings. The van der Waals surface area contributed by atoms with Gasteiger partial charge in [-0.15, -0.1) is 0 Å². The zero-order chi connectivity index (χ0) is 10.8. The lowest BCUT2D eigenvalue weighted by atomic mass is 9.83. The van der Waals surface area contributed by atoms with Crippen molar-refractivity contribution < 1.29 is 9.59 Å². The Balaban J connectivity index is 1.98. The van der Waals surface area contributed by atoms with Gasteiger partial charge in [0.05, 0.1) is 0 Å². The second-order valence-electron chi connectivity index (χ2n) is 4.58. The van der Waals surface area contributed by atoms with Gasteiger partial charge in [-0.3, -0.25) is 10.1 Å². The monoisotopic (exact) mass is 210 g/mol. The van der Waals surface area contributed by atoms with Crippen molar-refractivity contribution in [1.29, 1.82) is 0 Å². The second kappa shape index (κ2) is 4.21. The molecule has 4 nitrogen and oxygen atoms in total. The van der Waals surface area contributed by atoms with Crippen LogP contribution in [0.25, 0.3) is 0 Å². The Hall–Kier alpha value is -1.06. The maximum atomic E-state index is 11.5. The number of nitrogens with zero attached hydrogens (tertiary/aromatic N) is 1. The van der Waals surface area contributed by atoms with Crippen molar-refractivity contribution in [3.05, 3.63) is 0 Å². The zero-order valence-corrected chi connectivity index (χ0v) is 9.16. The summed E-state index contributed by atoms with van der Waals surface area (Å²) in [5, 5.41) is 2.35. The standard InChI is InChI=1S/C11H18N2O2/c1-2-8-4-3-5-9(6-8)13-7-10(14)12-11(13)15/h8-9H,2-7H2,1H3,(H,12,14,15). The minimum atomic E-state index is -0.193. The fourth-order valence-electron chi connectivity index (χ4n) is 2.67. The number of nitrogens with one attached hydrogen (secondary N) is 1. The van der Waals surface area contributed by atoms with Crippen LogP contribution in [-0.4, -0.2) is 29.4 Å². The summed E-state index contributed by atoms with van der Waals surface area (Å²) in [5.41, 5.74) is 0. The van der Waals surface area contributed by atoms with Gasteiger partial charge in [0.15, 0.2) is 0 Å². The number of amides is 3. The molecule has 1 saturated heterocycles. The average Bonchev–Trinajstić information content (AvgIpc) is 2.58. The summed E-state index contributed by atoms with van der Waals surface area (Å²) in [5.74, 6) is 0.575. The summed E-state index contributed by atoms with van der Waals surface area (Å²) in [7, 11) is 0. The Kier molecular flexibility index (Phi) is 2.93. The number of hydrogen-bond donors (Lipinski definition) is 1. The highest BCUT2D eigenvalue weighted by Crippen LogP contribution is 2.30. The molecule has 1 heterocycles. The lowest BCUT2D eigenvalue weighted by Gasteiger charge is -2.33. The number of urea groups is 1. The van der Waals surface area contributed by atoms with Gasteiger partial charge in [0.25, 0.3) is 0 Å². The first-order valence-electron chi connectivity index (χ1n) is 5.81. The maximum Gasteiger partial charge on any atom is 0.324 e. The molecule has 2 fully saturated rings. The Labute approximate surface area is 90.0 Å². The van der Waals surface area contributed by atoms with E-state index < -0.39 is 0 Å². The molecule has 1 saturated carbocycles.